The van der Waals surface area contributed by atoms with Gasteiger partial charge in [-0.2, -0.15) is 0 Å². The van der Waals surface area contributed by atoms with Crippen molar-refractivity contribution in [3.05, 3.63) is 119 Å². The number of rotatable bonds is 6. The number of nitrogens with zero attached hydrogens (tertiary/aromatic N) is 2. The fourth-order valence-electron chi connectivity index (χ4n) is 8.77. The molecule has 10 heteroatoms. The van der Waals surface area contributed by atoms with E-state index in [1.54, 1.807) is 55.5 Å². The van der Waals surface area contributed by atoms with E-state index in [0.29, 0.717) is 23.4 Å². The highest BCUT2D eigenvalue weighted by Crippen LogP contribution is 2.64. The molecule has 2 aliphatic heterocycles. The minimum absolute atomic E-state index is 0.0381. The summed E-state index contributed by atoms with van der Waals surface area (Å²) in [5, 5.41) is 14.0. The lowest BCUT2D eigenvalue weighted by molar-refractivity contribution is -0.131. The number of aromatic hydroxyl groups is 1. The number of para-hydroxylation sites is 2. The highest BCUT2D eigenvalue weighted by atomic mass is 35.5. The fourth-order valence-corrected chi connectivity index (χ4v) is 8.99. The molecule has 2 heterocycles. The Hall–Kier alpha value is -5.41. The zero-order valence-electron chi connectivity index (χ0n) is 27.4. The normalized spacial score (nSPS) is 27.1. The Morgan fingerprint density at radius 2 is 1.44 bits per heavy atom. The second-order valence-electron chi connectivity index (χ2n) is 13.6. The maximum atomic E-state index is 14.6. The molecule has 6 atom stereocenters. The molecule has 4 aliphatic rings. The largest absolute Gasteiger partial charge is 0.503 e. The van der Waals surface area contributed by atoms with Gasteiger partial charge in [0.1, 0.15) is 0 Å². The molecule has 4 aromatic carbocycles. The van der Waals surface area contributed by atoms with Gasteiger partial charge in [-0.15, -0.1) is 0 Å². The van der Waals surface area contributed by atoms with Gasteiger partial charge in [-0.25, -0.2) is 4.90 Å². The molecular weight excluding hydrogens is 654 g/mol. The number of imide groups is 2. The van der Waals surface area contributed by atoms with E-state index in [2.05, 4.69) is 5.32 Å². The Morgan fingerprint density at radius 3 is 2.12 bits per heavy atom. The predicted molar refractivity (Wildman–Crippen MR) is 189 cm³/mol. The summed E-state index contributed by atoms with van der Waals surface area (Å²) in [6.45, 7) is 1.81. The van der Waals surface area contributed by atoms with Crippen LogP contribution in [-0.2, 0) is 19.2 Å². The molecule has 0 bridgehead atoms. The monoisotopic (exact) mass is 687 g/mol. The number of phenols is 1. The molecule has 252 valence electrons. The lowest BCUT2D eigenvalue weighted by atomic mass is 9.51. The van der Waals surface area contributed by atoms with Crippen LogP contribution in [0.15, 0.2) is 109 Å². The van der Waals surface area contributed by atoms with Gasteiger partial charge >= 0.3 is 0 Å². The number of methoxy groups -OCH3 is 1. The first-order chi connectivity index (χ1) is 24.1. The number of carbonyl (C=O) groups excluding carboxylic acids is 4. The Bertz CT molecular complexity index is 2090. The number of fused-ring (bicyclic) bond motifs is 4. The van der Waals surface area contributed by atoms with Gasteiger partial charge in [0.2, 0.25) is 23.6 Å². The van der Waals surface area contributed by atoms with Crippen molar-refractivity contribution in [2.75, 3.05) is 22.2 Å². The van der Waals surface area contributed by atoms with Crippen molar-refractivity contribution in [1.29, 1.82) is 0 Å². The van der Waals surface area contributed by atoms with E-state index < -0.39 is 35.0 Å². The van der Waals surface area contributed by atoms with Crippen molar-refractivity contribution < 1.29 is 29.0 Å². The van der Waals surface area contributed by atoms with Gasteiger partial charge in [0.25, 0.3) is 0 Å². The number of amides is 4. The molecule has 50 heavy (non-hydrogen) atoms. The maximum absolute atomic E-state index is 14.6. The van der Waals surface area contributed by atoms with E-state index in [1.807, 2.05) is 54.6 Å². The average molecular weight is 688 g/mol. The molecule has 0 unspecified atom stereocenters. The lowest BCUT2D eigenvalue weighted by Crippen LogP contribution is -2.48. The van der Waals surface area contributed by atoms with Gasteiger partial charge in [-0.3, -0.25) is 24.1 Å². The third kappa shape index (κ3) is 4.67. The Balaban J connectivity index is 1.19. The van der Waals surface area contributed by atoms with Crippen LogP contribution in [-0.4, -0.2) is 35.8 Å². The van der Waals surface area contributed by atoms with Crippen LogP contribution in [0, 0.1) is 29.1 Å². The smallest absolute Gasteiger partial charge is 0.241 e. The second kappa shape index (κ2) is 11.9. The summed E-state index contributed by atoms with van der Waals surface area (Å²) in [4.78, 5) is 60.0. The van der Waals surface area contributed by atoms with Crippen LogP contribution in [0.2, 0.25) is 5.02 Å². The second-order valence-corrected chi connectivity index (χ2v) is 14.0. The summed E-state index contributed by atoms with van der Waals surface area (Å²) in [6, 6.07) is 28.9. The van der Waals surface area contributed by atoms with Crippen molar-refractivity contribution in [3.63, 3.8) is 0 Å². The summed E-state index contributed by atoms with van der Waals surface area (Å²) < 4.78 is 5.46. The number of phenolic OH excluding ortho intramolecular Hbond substituents is 1. The van der Waals surface area contributed by atoms with Crippen LogP contribution in [0.1, 0.15) is 31.2 Å². The quantitative estimate of drug-likeness (QED) is 0.162. The first-order valence-electron chi connectivity index (χ1n) is 16.6. The van der Waals surface area contributed by atoms with Crippen molar-refractivity contribution in [1.82, 2.24) is 0 Å². The minimum atomic E-state index is -1.25. The van der Waals surface area contributed by atoms with Gasteiger partial charge < -0.3 is 15.2 Å². The molecule has 3 fully saturated rings. The number of carbonyl (C=O) groups is 4. The van der Waals surface area contributed by atoms with E-state index in [-0.39, 0.29) is 46.6 Å². The van der Waals surface area contributed by atoms with Crippen LogP contribution in [0.4, 0.5) is 22.7 Å². The third-order valence-electron chi connectivity index (χ3n) is 11.1. The van der Waals surface area contributed by atoms with E-state index in [1.165, 1.54) is 16.9 Å². The zero-order valence-corrected chi connectivity index (χ0v) is 28.1. The number of anilines is 4. The van der Waals surface area contributed by atoms with E-state index in [9.17, 15) is 24.3 Å². The van der Waals surface area contributed by atoms with E-state index >= 15 is 0 Å². The third-order valence-corrected chi connectivity index (χ3v) is 11.4. The van der Waals surface area contributed by atoms with Crippen LogP contribution >= 0.6 is 11.6 Å². The summed E-state index contributed by atoms with van der Waals surface area (Å²) in [5.74, 6) is -4.72. The van der Waals surface area contributed by atoms with Gasteiger partial charge in [-0.05, 0) is 91.9 Å². The van der Waals surface area contributed by atoms with Crippen molar-refractivity contribution in [2.45, 2.75) is 25.7 Å². The van der Waals surface area contributed by atoms with Gasteiger partial charge in [-0.1, -0.05) is 59.6 Å². The molecule has 0 aromatic heterocycles. The molecule has 2 aliphatic carbocycles. The predicted octanol–water partition coefficient (Wildman–Crippen LogP) is 7.23. The molecule has 1 saturated carbocycles. The summed E-state index contributed by atoms with van der Waals surface area (Å²) in [7, 11) is 1.41. The minimum Gasteiger partial charge on any atom is -0.503 e. The molecule has 0 radical (unpaired) electrons. The first-order valence-corrected chi connectivity index (χ1v) is 17.0. The number of hydrogen-bond donors (Lipinski definition) is 2. The molecule has 4 amide bonds. The number of benzene rings is 4. The number of allylic oxidation sites excluding steroid dienone is 2. The Morgan fingerprint density at radius 1 is 0.800 bits per heavy atom. The van der Waals surface area contributed by atoms with Crippen molar-refractivity contribution >= 4 is 58.0 Å². The molecular formula is C40H34ClN3O6. The summed E-state index contributed by atoms with van der Waals surface area (Å²) in [5.41, 5.74) is 2.81. The topological polar surface area (TPSA) is 116 Å². The number of ether oxygens (including phenoxy) is 1. The standard InChI is InChI=1S/C40H34ClN3O6/c1-40-30(37(47)44(39(40)49)25-11-7-4-8-12-25)21-29-27(34(40)22-19-31(41)35(45)32(20-22)50-2)17-18-28-33(29)38(48)43(36(28)46)26-15-13-24(14-16-26)42-23-9-5-3-6-10-23/h3-17,19-20,28-30,33-34,42,45H,18,21H2,1-2H3/t28-,29+,30-,33-,34-,40+/m0/s1. The Labute approximate surface area is 294 Å². The highest BCUT2D eigenvalue weighted by Gasteiger charge is 2.67. The van der Waals surface area contributed by atoms with Crippen molar-refractivity contribution in [3.8, 4) is 11.5 Å². The molecule has 0 spiro atoms. The highest BCUT2D eigenvalue weighted by molar-refractivity contribution is 6.32. The van der Waals surface area contributed by atoms with Crippen LogP contribution in [0.5, 0.6) is 11.5 Å². The molecule has 4 aromatic rings. The van der Waals surface area contributed by atoms with Gasteiger partial charge in [0, 0.05) is 17.3 Å². The maximum Gasteiger partial charge on any atom is 0.241 e. The number of halogens is 1. The van der Waals surface area contributed by atoms with Crippen LogP contribution < -0.4 is 19.9 Å². The number of hydrogen-bond acceptors (Lipinski definition) is 7. The average Bonchev–Trinajstić information content (AvgIpc) is 3.50. The SMILES string of the molecule is COc1cc([C@H]2C3=CC[C@@H]4C(=O)N(c5ccc(Nc6ccccc6)cc5)C(=O)[C@@H]4[C@@H]3C[C@H]3C(=O)N(c4ccccc4)C(=O)[C@@]23C)cc(Cl)c1O. The molecule has 9 nitrogen and oxygen atoms in total. The fraction of sp³-hybridized carbons (Fsp3) is 0.250. The van der Waals surface area contributed by atoms with Crippen LogP contribution in [0.25, 0.3) is 0 Å². The van der Waals surface area contributed by atoms with Gasteiger partial charge in [0.15, 0.2) is 11.5 Å². The number of nitrogens with one attached hydrogen (secondary N) is 1. The summed E-state index contributed by atoms with van der Waals surface area (Å²) in [6.07, 6.45) is 2.51. The van der Waals surface area contributed by atoms with E-state index in [4.69, 9.17) is 16.3 Å². The Kier molecular flexibility index (Phi) is 7.56. The molecule has 2 saturated heterocycles. The molecule has 8 rings (SSSR count). The molecule has 2 N–H and O–H groups in total. The van der Waals surface area contributed by atoms with E-state index in [0.717, 1.165) is 16.9 Å². The first kappa shape index (κ1) is 31.8. The van der Waals surface area contributed by atoms with Gasteiger partial charge in [0.05, 0.1) is 46.7 Å². The zero-order chi connectivity index (χ0) is 34.9. The lowest BCUT2D eigenvalue weighted by Gasteiger charge is -2.49. The van der Waals surface area contributed by atoms with Crippen LogP contribution in [0.3, 0.4) is 0 Å². The summed E-state index contributed by atoms with van der Waals surface area (Å²) >= 11 is 6.52. The van der Waals surface area contributed by atoms with Crippen molar-refractivity contribution in [2.24, 2.45) is 29.1 Å².